The maximum absolute atomic E-state index is 13.5. The van der Waals surface area contributed by atoms with Crippen molar-refractivity contribution in [3.8, 4) is 0 Å². The van der Waals surface area contributed by atoms with Gasteiger partial charge in [0.25, 0.3) is 0 Å². The average Bonchev–Trinajstić information content (AvgIpc) is 2.98. The van der Waals surface area contributed by atoms with Crippen molar-refractivity contribution in [1.82, 2.24) is 9.80 Å². The normalized spacial score (nSPS) is 25.8. The van der Waals surface area contributed by atoms with Gasteiger partial charge in [0.2, 0.25) is 5.91 Å². The fourth-order valence-corrected chi connectivity index (χ4v) is 4.54. The smallest absolute Gasteiger partial charge is 0.410 e. The monoisotopic (exact) mass is 409 g/mol. The minimum absolute atomic E-state index is 0.00555. The molecule has 2 amide bonds. The maximum Gasteiger partial charge on any atom is 0.410 e. The summed E-state index contributed by atoms with van der Waals surface area (Å²) in [4.78, 5) is 30.1. The molecule has 168 valence electrons. The van der Waals surface area contributed by atoms with E-state index in [2.05, 4.69) is 18.7 Å². The molecule has 0 spiro atoms. The first-order valence-corrected chi connectivity index (χ1v) is 11.2. The number of ether oxygens (including phenoxy) is 1. The van der Waals surface area contributed by atoms with Gasteiger partial charge in [0, 0.05) is 30.6 Å². The maximum atomic E-state index is 13.5. The van der Waals surface area contributed by atoms with E-state index in [1.807, 2.05) is 41.5 Å². The predicted octanol–water partition coefficient (Wildman–Crippen LogP) is 4.17. The van der Waals surface area contributed by atoms with Gasteiger partial charge in [-0.1, -0.05) is 34.6 Å². The van der Waals surface area contributed by atoms with Crippen molar-refractivity contribution in [3.63, 3.8) is 0 Å². The second kappa shape index (κ2) is 8.44. The molecule has 2 atom stereocenters. The van der Waals surface area contributed by atoms with E-state index in [-0.39, 0.29) is 30.1 Å². The Bertz CT molecular complexity index is 593. The fraction of sp³-hybridized carbons (Fsp3) is 0.913. The summed E-state index contributed by atoms with van der Waals surface area (Å²) in [6.45, 7) is 17.1. The highest BCUT2D eigenvalue weighted by molar-refractivity contribution is 5.82. The first-order chi connectivity index (χ1) is 13.1. The van der Waals surface area contributed by atoms with Crippen molar-refractivity contribution in [2.45, 2.75) is 111 Å². The largest absolute Gasteiger partial charge is 0.444 e. The van der Waals surface area contributed by atoms with Crippen LogP contribution in [-0.4, -0.2) is 58.6 Å². The molecule has 1 saturated heterocycles. The molecule has 0 aromatic heterocycles. The third-order valence-corrected chi connectivity index (χ3v) is 6.26. The molecular formula is C23H43N3O3. The molecule has 0 bridgehead atoms. The molecule has 0 aromatic rings. The lowest BCUT2D eigenvalue weighted by atomic mass is 9.74. The van der Waals surface area contributed by atoms with Crippen LogP contribution in [0.4, 0.5) is 4.79 Å². The molecule has 0 aromatic carbocycles. The third kappa shape index (κ3) is 6.09. The zero-order valence-corrected chi connectivity index (χ0v) is 19.9. The van der Waals surface area contributed by atoms with Crippen LogP contribution >= 0.6 is 0 Å². The van der Waals surface area contributed by atoms with E-state index in [9.17, 15) is 9.59 Å². The zero-order chi connectivity index (χ0) is 22.2. The second-order valence-corrected chi connectivity index (χ2v) is 11.8. The summed E-state index contributed by atoms with van der Waals surface area (Å²) in [5.41, 5.74) is 5.34. The topological polar surface area (TPSA) is 75.9 Å². The van der Waals surface area contributed by atoms with Gasteiger partial charge in [-0.25, -0.2) is 4.79 Å². The van der Waals surface area contributed by atoms with Gasteiger partial charge in [-0.3, -0.25) is 4.79 Å². The van der Waals surface area contributed by atoms with Crippen LogP contribution in [0.1, 0.15) is 87.5 Å². The number of carbonyl (C=O) groups is 2. The molecule has 2 fully saturated rings. The van der Waals surface area contributed by atoms with Gasteiger partial charge >= 0.3 is 6.09 Å². The van der Waals surface area contributed by atoms with Crippen molar-refractivity contribution in [2.75, 3.05) is 13.1 Å². The molecule has 29 heavy (non-hydrogen) atoms. The summed E-state index contributed by atoms with van der Waals surface area (Å²) in [5, 5.41) is 0. The van der Waals surface area contributed by atoms with Crippen LogP contribution in [0.5, 0.6) is 0 Å². The van der Waals surface area contributed by atoms with Crippen LogP contribution in [0.15, 0.2) is 0 Å². The lowest BCUT2D eigenvalue weighted by molar-refractivity contribution is -0.146. The SMILES string of the molecule is CC1(C)CCC(N(C(=O)C(C)(C)C)C2CC(CN)N(C(=O)OC(C)(C)C)C2)CC1. The predicted molar refractivity (Wildman–Crippen MR) is 117 cm³/mol. The highest BCUT2D eigenvalue weighted by Crippen LogP contribution is 2.40. The Kier molecular flexibility index (Phi) is 6.98. The standard InChI is InChI=1S/C23H43N3O3/c1-21(2,3)19(27)26(16-9-11-23(7,8)12-10-16)18-13-17(14-24)25(15-18)20(28)29-22(4,5)6/h16-18H,9-15,24H2,1-8H3. The Labute approximate surface area is 177 Å². The number of likely N-dealkylation sites (tertiary alicyclic amines) is 1. The van der Waals surface area contributed by atoms with Gasteiger partial charge in [-0.2, -0.15) is 0 Å². The van der Waals surface area contributed by atoms with Crippen LogP contribution in [0.2, 0.25) is 0 Å². The molecule has 6 heteroatoms. The molecule has 6 nitrogen and oxygen atoms in total. The molecule has 1 aliphatic carbocycles. The molecule has 0 radical (unpaired) electrons. The molecule has 1 saturated carbocycles. The van der Waals surface area contributed by atoms with E-state index in [1.165, 1.54) is 0 Å². The first kappa shape index (κ1) is 24.0. The fourth-order valence-electron chi connectivity index (χ4n) is 4.54. The Hall–Kier alpha value is -1.30. The number of hydrogen-bond donors (Lipinski definition) is 1. The molecule has 2 unspecified atom stereocenters. The van der Waals surface area contributed by atoms with Crippen molar-refractivity contribution >= 4 is 12.0 Å². The Balaban J connectivity index is 2.24. The second-order valence-electron chi connectivity index (χ2n) is 11.8. The van der Waals surface area contributed by atoms with Crippen LogP contribution in [0, 0.1) is 10.8 Å². The van der Waals surface area contributed by atoms with Gasteiger partial charge in [-0.05, 0) is 58.3 Å². The number of nitrogens with two attached hydrogens (primary N) is 1. The van der Waals surface area contributed by atoms with E-state index in [4.69, 9.17) is 10.5 Å². The van der Waals surface area contributed by atoms with Crippen LogP contribution in [0.3, 0.4) is 0 Å². The van der Waals surface area contributed by atoms with Gasteiger partial charge in [0.1, 0.15) is 5.60 Å². The van der Waals surface area contributed by atoms with Gasteiger partial charge in [-0.15, -0.1) is 0 Å². The van der Waals surface area contributed by atoms with E-state index in [1.54, 1.807) is 4.90 Å². The quantitative estimate of drug-likeness (QED) is 0.759. The minimum Gasteiger partial charge on any atom is -0.444 e. The Morgan fingerprint density at radius 1 is 1.07 bits per heavy atom. The van der Waals surface area contributed by atoms with Crippen molar-refractivity contribution in [3.05, 3.63) is 0 Å². The summed E-state index contributed by atoms with van der Waals surface area (Å²) in [7, 11) is 0. The number of hydrogen-bond acceptors (Lipinski definition) is 4. The van der Waals surface area contributed by atoms with Crippen molar-refractivity contribution in [2.24, 2.45) is 16.6 Å². The lowest BCUT2D eigenvalue weighted by Crippen LogP contribution is -2.53. The summed E-state index contributed by atoms with van der Waals surface area (Å²) >= 11 is 0. The number of carbonyl (C=O) groups excluding carboxylic acids is 2. The summed E-state index contributed by atoms with van der Waals surface area (Å²) < 4.78 is 5.61. The van der Waals surface area contributed by atoms with E-state index in [0.717, 1.165) is 32.1 Å². The highest BCUT2D eigenvalue weighted by atomic mass is 16.6. The Morgan fingerprint density at radius 2 is 1.62 bits per heavy atom. The summed E-state index contributed by atoms with van der Waals surface area (Å²) in [6.07, 6.45) is 4.67. The van der Waals surface area contributed by atoms with Crippen LogP contribution < -0.4 is 5.73 Å². The van der Waals surface area contributed by atoms with Gasteiger partial charge in [0.15, 0.2) is 0 Å². The number of amides is 2. The average molecular weight is 410 g/mol. The minimum atomic E-state index is -0.551. The van der Waals surface area contributed by atoms with E-state index < -0.39 is 11.0 Å². The Morgan fingerprint density at radius 3 is 2.07 bits per heavy atom. The summed E-state index contributed by atoms with van der Waals surface area (Å²) in [6, 6.07) is 0.135. The van der Waals surface area contributed by atoms with Gasteiger partial charge in [0.05, 0.1) is 6.04 Å². The highest BCUT2D eigenvalue weighted by Gasteiger charge is 2.45. The van der Waals surface area contributed by atoms with Crippen molar-refractivity contribution < 1.29 is 14.3 Å². The van der Waals surface area contributed by atoms with E-state index in [0.29, 0.717) is 18.5 Å². The van der Waals surface area contributed by atoms with Crippen molar-refractivity contribution in [1.29, 1.82) is 0 Å². The molecular weight excluding hydrogens is 366 g/mol. The van der Waals surface area contributed by atoms with Crippen LogP contribution in [0.25, 0.3) is 0 Å². The van der Waals surface area contributed by atoms with E-state index >= 15 is 0 Å². The third-order valence-electron chi connectivity index (χ3n) is 6.26. The molecule has 1 aliphatic heterocycles. The molecule has 2 N–H and O–H groups in total. The lowest BCUT2D eigenvalue weighted by Gasteiger charge is -2.45. The van der Waals surface area contributed by atoms with Crippen LogP contribution in [-0.2, 0) is 9.53 Å². The number of rotatable bonds is 3. The molecule has 2 aliphatic rings. The first-order valence-electron chi connectivity index (χ1n) is 11.2. The molecule has 2 rings (SSSR count). The zero-order valence-electron chi connectivity index (χ0n) is 19.9. The summed E-state index contributed by atoms with van der Waals surface area (Å²) in [5.74, 6) is 0.175. The number of nitrogens with zero attached hydrogens (tertiary/aromatic N) is 2. The molecule has 1 heterocycles. The van der Waals surface area contributed by atoms with Gasteiger partial charge < -0.3 is 20.3 Å².